The molecule has 9 nitrogen and oxygen atoms in total. The maximum atomic E-state index is 12.7. The van der Waals surface area contributed by atoms with Crippen LogP contribution in [0.2, 0.25) is 0 Å². The number of carbonyl (C=O) groups excluding carboxylic acids is 2. The molecule has 0 bridgehead atoms. The highest BCUT2D eigenvalue weighted by Gasteiger charge is 2.19. The first-order chi connectivity index (χ1) is 14.3. The second-order valence-electron chi connectivity index (χ2n) is 6.44. The summed E-state index contributed by atoms with van der Waals surface area (Å²) in [4.78, 5) is 29.1. The third kappa shape index (κ3) is 3.81. The second-order valence-corrected chi connectivity index (χ2v) is 9.46. The average Bonchev–Trinajstić information content (AvgIpc) is 3.29. The fraction of sp³-hybridized carbons (Fsp3) is 0.211. The van der Waals surface area contributed by atoms with Gasteiger partial charge in [-0.25, -0.2) is 8.42 Å². The molecule has 30 heavy (non-hydrogen) atoms. The number of sulfone groups is 1. The lowest BCUT2D eigenvalue weighted by molar-refractivity contribution is -0.141. The third-order valence-corrected chi connectivity index (χ3v) is 6.55. The minimum absolute atomic E-state index is 0.0213. The maximum absolute atomic E-state index is 12.7. The Morgan fingerprint density at radius 2 is 1.93 bits per heavy atom. The third-order valence-electron chi connectivity index (χ3n) is 4.40. The van der Waals surface area contributed by atoms with Crippen molar-refractivity contribution in [1.29, 1.82) is 0 Å². The van der Waals surface area contributed by atoms with E-state index >= 15 is 0 Å². The van der Waals surface area contributed by atoms with E-state index < -0.39 is 21.7 Å². The van der Waals surface area contributed by atoms with Crippen molar-refractivity contribution >= 4 is 43.3 Å². The van der Waals surface area contributed by atoms with E-state index in [0.717, 1.165) is 11.0 Å². The van der Waals surface area contributed by atoms with E-state index in [1.165, 1.54) is 42.7 Å². The number of fused-ring (bicyclic) bond motifs is 2. The molecule has 156 valence electrons. The van der Waals surface area contributed by atoms with Gasteiger partial charge in [0.1, 0.15) is 6.54 Å². The van der Waals surface area contributed by atoms with Crippen LogP contribution < -0.4 is 14.3 Å². The van der Waals surface area contributed by atoms with Crippen LogP contribution >= 0.6 is 11.3 Å². The quantitative estimate of drug-likeness (QED) is 0.559. The number of hydrogen-bond donors (Lipinski definition) is 0. The molecule has 0 fully saturated rings. The Kier molecular flexibility index (Phi) is 5.08. The number of benzene rings is 2. The van der Waals surface area contributed by atoms with Gasteiger partial charge in [0.25, 0.3) is 5.91 Å². The molecule has 0 spiro atoms. The van der Waals surface area contributed by atoms with Crippen molar-refractivity contribution in [2.24, 2.45) is 4.99 Å². The lowest BCUT2D eigenvalue weighted by Crippen LogP contribution is -2.22. The summed E-state index contributed by atoms with van der Waals surface area (Å²) in [6.07, 6.45) is 1.06. The van der Waals surface area contributed by atoms with Gasteiger partial charge in [0.15, 0.2) is 26.1 Å². The monoisotopic (exact) mass is 448 g/mol. The first-order valence-electron chi connectivity index (χ1n) is 8.65. The Morgan fingerprint density at radius 3 is 2.63 bits per heavy atom. The predicted molar refractivity (Wildman–Crippen MR) is 107 cm³/mol. The fourth-order valence-electron chi connectivity index (χ4n) is 2.90. The van der Waals surface area contributed by atoms with Gasteiger partial charge in [-0.1, -0.05) is 17.4 Å². The minimum Gasteiger partial charge on any atom is -0.468 e. The molecule has 0 saturated carbocycles. The van der Waals surface area contributed by atoms with Crippen LogP contribution in [0.15, 0.2) is 46.3 Å². The van der Waals surface area contributed by atoms with Gasteiger partial charge in [-0.2, -0.15) is 4.99 Å². The molecule has 0 atom stereocenters. The summed E-state index contributed by atoms with van der Waals surface area (Å²) in [5.41, 5.74) is 0.750. The minimum atomic E-state index is -3.47. The molecule has 4 rings (SSSR count). The van der Waals surface area contributed by atoms with Crippen LogP contribution in [-0.4, -0.2) is 45.0 Å². The fourth-order valence-corrected chi connectivity index (χ4v) is 4.61. The highest BCUT2D eigenvalue weighted by atomic mass is 32.2. The van der Waals surface area contributed by atoms with Gasteiger partial charge in [-0.15, -0.1) is 0 Å². The van der Waals surface area contributed by atoms with Crippen LogP contribution in [0.4, 0.5) is 0 Å². The molecular weight excluding hydrogens is 432 g/mol. The molecular formula is C19H16N2O7S2. The smallest absolute Gasteiger partial charge is 0.325 e. The standard InChI is InChI=1S/C19H16N2O7S2/c1-26-17(22)9-21-13-7-14-15(28-10-27-14)8-16(13)29-19(21)20-18(23)11-4-3-5-12(6-11)30(2,24)25/h3-8H,9-10H2,1-2H3. The maximum Gasteiger partial charge on any atom is 0.325 e. The Morgan fingerprint density at radius 1 is 1.20 bits per heavy atom. The molecule has 0 radical (unpaired) electrons. The van der Waals surface area contributed by atoms with E-state index in [9.17, 15) is 18.0 Å². The number of thiazole rings is 1. The zero-order valence-corrected chi connectivity index (χ0v) is 17.6. The highest BCUT2D eigenvalue weighted by molar-refractivity contribution is 7.90. The zero-order valence-electron chi connectivity index (χ0n) is 15.9. The summed E-state index contributed by atoms with van der Waals surface area (Å²) in [6, 6.07) is 9.11. The summed E-state index contributed by atoms with van der Waals surface area (Å²) in [7, 11) is -2.20. The average molecular weight is 448 g/mol. The van der Waals surface area contributed by atoms with Gasteiger partial charge in [0.2, 0.25) is 6.79 Å². The Balaban J connectivity index is 1.85. The molecule has 0 aliphatic carbocycles. The van der Waals surface area contributed by atoms with E-state index in [1.807, 2.05) is 0 Å². The number of ether oxygens (including phenoxy) is 3. The van der Waals surface area contributed by atoms with E-state index in [1.54, 1.807) is 16.7 Å². The number of nitrogens with zero attached hydrogens (tertiary/aromatic N) is 2. The number of amides is 1. The molecule has 1 aromatic heterocycles. The topological polar surface area (TPSA) is 113 Å². The summed E-state index contributed by atoms with van der Waals surface area (Å²) < 4.78 is 41.4. The van der Waals surface area contributed by atoms with Gasteiger partial charge in [0.05, 0.1) is 22.2 Å². The van der Waals surface area contributed by atoms with Crippen LogP contribution in [0.25, 0.3) is 10.2 Å². The lowest BCUT2D eigenvalue weighted by Gasteiger charge is -2.04. The lowest BCUT2D eigenvalue weighted by atomic mass is 10.2. The second kappa shape index (κ2) is 7.58. The predicted octanol–water partition coefficient (Wildman–Crippen LogP) is 1.75. The number of rotatable bonds is 4. The molecule has 2 heterocycles. The van der Waals surface area contributed by atoms with Gasteiger partial charge in [-0.05, 0) is 18.2 Å². The number of methoxy groups -OCH3 is 1. The van der Waals surface area contributed by atoms with Crippen molar-refractivity contribution in [3.8, 4) is 11.5 Å². The summed E-state index contributed by atoms with van der Waals surface area (Å²) >= 11 is 1.19. The van der Waals surface area contributed by atoms with E-state index in [0.29, 0.717) is 17.0 Å². The van der Waals surface area contributed by atoms with Crippen LogP contribution in [0.3, 0.4) is 0 Å². The van der Waals surface area contributed by atoms with Gasteiger partial charge in [0, 0.05) is 24.0 Å². The molecule has 0 saturated heterocycles. The number of carbonyl (C=O) groups is 2. The van der Waals surface area contributed by atoms with E-state index in [4.69, 9.17) is 14.2 Å². The summed E-state index contributed by atoms with van der Waals surface area (Å²) in [5, 5.41) is 0. The Labute approximate surface area is 175 Å². The van der Waals surface area contributed by atoms with Crippen LogP contribution in [0.1, 0.15) is 10.4 Å². The Bertz CT molecular complexity index is 1350. The zero-order chi connectivity index (χ0) is 21.5. The summed E-state index contributed by atoms with van der Waals surface area (Å²) in [6.45, 7) is -0.0539. The van der Waals surface area contributed by atoms with Gasteiger partial charge < -0.3 is 18.8 Å². The molecule has 1 amide bonds. The molecule has 1 aliphatic rings. The number of hydrogen-bond acceptors (Lipinski definition) is 8. The van der Waals surface area contributed by atoms with Gasteiger partial charge in [-0.3, -0.25) is 9.59 Å². The molecule has 1 aliphatic heterocycles. The van der Waals surface area contributed by atoms with Crippen molar-refractivity contribution in [1.82, 2.24) is 4.57 Å². The van der Waals surface area contributed by atoms with Crippen molar-refractivity contribution in [3.05, 3.63) is 46.8 Å². The van der Waals surface area contributed by atoms with Crippen molar-refractivity contribution in [2.75, 3.05) is 20.2 Å². The van der Waals surface area contributed by atoms with Crippen molar-refractivity contribution in [2.45, 2.75) is 11.4 Å². The molecule has 0 unspecified atom stereocenters. The van der Waals surface area contributed by atoms with Crippen molar-refractivity contribution in [3.63, 3.8) is 0 Å². The van der Waals surface area contributed by atoms with E-state index in [-0.39, 0.29) is 28.6 Å². The van der Waals surface area contributed by atoms with Gasteiger partial charge >= 0.3 is 5.97 Å². The van der Waals surface area contributed by atoms with Crippen LogP contribution in [0.5, 0.6) is 11.5 Å². The van der Waals surface area contributed by atoms with Crippen LogP contribution in [-0.2, 0) is 25.9 Å². The Hall–Kier alpha value is -3.18. The molecule has 3 aromatic rings. The largest absolute Gasteiger partial charge is 0.468 e. The molecule has 0 N–H and O–H groups in total. The van der Waals surface area contributed by atoms with E-state index in [2.05, 4.69) is 4.99 Å². The first kappa shape index (κ1) is 20.1. The highest BCUT2D eigenvalue weighted by Crippen LogP contribution is 2.37. The SMILES string of the molecule is COC(=O)Cn1c(=NC(=O)c2cccc(S(C)(=O)=O)c2)sc2cc3c(cc21)OCO3. The number of aromatic nitrogens is 1. The summed E-state index contributed by atoms with van der Waals surface area (Å²) in [5.74, 6) is -0.0589. The molecule has 2 aromatic carbocycles. The number of esters is 1. The van der Waals surface area contributed by atoms with Crippen molar-refractivity contribution < 1.29 is 32.2 Å². The molecule has 11 heteroatoms. The first-order valence-corrected chi connectivity index (χ1v) is 11.4. The van der Waals surface area contributed by atoms with Crippen LogP contribution in [0, 0.1) is 0 Å². The normalized spacial score (nSPS) is 13.6.